The number of carbonyl (C=O) groups excluding carboxylic acids is 2. The van der Waals surface area contributed by atoms with Crippen molar-refractivity contribution in [2.24, 2.45) is 11.7 Å². The van der Waals surface area contributed by atoms with E-state index in [1.54, 1.807) is 25.1 Å². The van der Waals surface area contributed by atoms with E-state index in [9.17, 15) is 9.59 Å². The Balaban J connectivity index is 0.00000192. The minimum atomic E-state index is -0.607. The van der Waals surface area contributed by atoms with Gasteiger partial charge in [-0.3, -0.25) is 9.59 Å². The van der Waals surface area contributed by atoms with Crippen LogP contribution in [0.2, 0.25) is 0 Å². The van der Waals surface area contributed by atoms with Crippen LogP contribution < -0.4 is 21.1 Å². The first-order valence-corrected chi connectivity index (χ1v) is 7.71. The number of halogens is 1. The molecule has 0 aromatic heterocycles. The molecule has 4 N–H and O–H groups in total. The summed E-state index contributed by atoms with van der Waals surface area (Å²) >= 11 is 0. The molecule has 1 saturated carbocycles. The van der Waals surface area contributed by atoms with Gasteiger partial charge in [0.2, 0.25) is 0 Å². The fraction of sp³-hybridized carbons (Fsp3) is 0.500. The van der Waals surface area contributed by atoms with Gasteiger partial charge in [0, 0.05) is 6.04 Å². The second-order valence-corrected chi connectivity index (χ2v) is 5.94. The Morgan fingerprint density at radius 3 is 2.96 bits per heavy atom. The smallest absolute Gasteiger partial charge is 0.265 e. The zero-order chi connectivity index (χ0) is 15.7. The molecule has 3 unspecified atom stereocenters. The van der Waals surface area contributed by atoms with E-state index < -0.39 is 6.10 Å². The van der Waals surface area contributed by atoms with Gasteiger partial charge in [0.15, 0.2) is 11.9 Å². The van der Waals surface area contributed by atoms with Gasteiger partial charge in [0.1, 0.15) is 0 Å². The van der Waals surface area contributed by atoms with E-state index >= 15 is 0 Å². The van der Waals surface area contributed by atoms with Gasteiger partial charge in [-0.15, -0.1) is 12.4 Å². The number of nitrogens with one attached hydrogen (secondary N) is 2. The Hall–Kier alpha value is -1.79. The van der Waals surface area contributed by atoms with Gasteiger partial charge >= 0.3 is 0 Å². The summed E-state index contributed by atoms with van der Waals surface area (Å²) < 4.78 is 5.62. The number of ether oxygens (including phenoxy) is 1. The molecule has 1 aliphatic heterocycles. The number of rotatable bonds is 3. The second kappa shape index (κ2) is 7.19. The first kappa shape index (κ1) is 17.6. The summed E-state index contributed by atoms with van der Waals surface area (Å²) in [5.74, 6) is 0.395. The van der Waals surface area contributed by atoms with Gasteiger partial charge in [-0.05, 0) is 44.4 Å². The third-order valence-electron chi connectivity index (χ3n) is 4.46. The average molecular weight is 340 g/mol. The molecule has 1 aliphatic carbocycles. The number of amides is 2. The molecule has 1 aromatic carbocycles. The number of fused-ring (bicyclic) bond motifs is 1. The van der Waals surface area contributed by atoms with Crippen molar-refractivity contribution in [3.05, 3.63) is 23.8 Å². The van der Waals surface area contributed by atoms with Crippen molar-refractivity contribution in [3.63, 3.8) is 0 Å². The maximum Gasteiger partial charge on any atom is 0.265 e. The summed E-state index contributed by atoms with van der Waals surface area (Å²) in [6.07, 6.45) is 2.49. The molecule has 0 radical (unpaired) electrons. The molecular formula is C16H22ClN3O3. The highest BCUT2D eigenvalue weighted by Crippen LogP contribution is 2.34. The van der Waals surface area contributed by atoms with Gasteiger partial charge in [-0.25, -0.2) is 0 Å². The van der Waals surface area contributed by atoms with E-state index in [0.717, 1.165) is 19.3 Å². The summed E-state index contributed by atoms with van der Waals surface area (Å²) in [4.78, 5) is 24.2. The van der Waals surface area contributed by atoms with Crippen LogP contribution in [-0.4, -0.2) is 30.5 Å². The Kier molecular flexibility index (Phi) is 5.49. The molecule has 1 aromatic rings. The Morgan fingerprint density at radius 1 is 1.43 bits per heavy atom. The number of benzene rings is 1. The topological polar surface area (TPSA) is 93.4 Å². The van der Waals surface area contributed by atoms with Crippen molar-refractivity contribution in [1.29, 1.82) is 0 Å². The number of carbonyl (C=O) groups is 2. The lowest BCUT2D eigenvalue weighted by atomic mass is 10.0. The van der Waals surface area contributed by atoms with Crippen LogP contribution in [0.3, 0.4) is 0 Å². The Morgan fingerprint density at radius 2 is 2.22 bits per heavy atom. The van der Waals surface area contributed by atoms with Crippen molar-refractivity contribution in [1.82, 2.24) is 5.32 Å². The first-order chi connectivity index (χ1) is 10.6. The summed E-state index contributed by atoms with van der Waals surface area (Å²) in [5.41, 5.74) is 6.75. The van der Waals surface area contributed by atoms with E-state index in [0.29, 0.717) is 29.5 Å². The van der Waals surface area contributed by atoms with Crippen molar-refractivity contribution in [2.45, 2.75) is 38.3 Å². The quantitative estimate of drug-likeness (QED) is 0.781. The SMILES string of the molecule is CC1Oc2c(cccc2C(=O)NC2CCCC2CN)NC1=O.Cl. The zero-order valence-electron chi connectivity index (χ0n) is 13.0. The summed E-state index contributed by atoms with van der Waals surface area (Å²) in [6, 6.07) is 5.30. The Bertz CT molecular complexity index is 608. The third kappa shape index (κ3) is 3.43. The maximum atomic E-state index is 12.6. The van der Waals surface area contributed by atoms with Crippen LogP contribution in [0.15, 0.2) is 18.2 Å². The molecule has 126 valence electrons. The molecule has 2 amide bonds. The van der Waals surface area contributed by atoms with E-state index in [1.807, 2.05) is 0 Å². The van der Waals surface area contributed by atoms with Gasteiger partial charge in [-0.1, -0.05) is 12.5 Å². The first-order valence-electron chi connectivity index (χ1n) is 7.71. The van der Waals surface area contributed by atoms with Crippen LogP contribution >= 0.6 is 12.4 Å². The monoisotopic (exact) mass is 339 g/mol. The van der Waals surface area contributed by atoms with E-state index in [1.165, 1.54) is 0 Å². The zero-order valence-corrected chi connectivity index (χ0v) is 13.8. The van der Waals surface area contributed by atoms with E-state index in [2.05, 4.69) is 10.6 Å². The molecule has 3 rings (SSSR count). The standard InChI is InChI=1S/C16H21N3O3.ClH/c1-9-15(20)19-13-7-3-5-11(14(13)22-9)16(21)18-12-6-2-4-10(12)8-17;/h3,5,7,9-10,12H,2,4,6,8,17H2,1H3,(H,18,21)(H,19,20);1H. The highest BCUT2D eigenvalue weighted by atomic mass is 35.5. The number of hydrogen-bond acceptors (Lipinski definition) is 4. The number of hydrogen-bond donors (Lipinski definition) is 3. The minimum absolute atomic E-state index is 0. The van der Waals surface area contributed by atoms with Crippen molar-refractivity contribution in [2.75, 3.05) is 11.9 Å². The maximum absolute atomic E-state index is 12.6. The lowest BCUT2D eigenvalue weighted by molar-refractivity contribution is -0.122. The summed E-state index contributed by atoms with van der Waals surface area (Å²) in [5, 5.41) is 5.82. The van der Waals surface area contributed by atoms with Crippen molar-refractivity contribution < 1.29 is 14.3 Å². The van der Waals surface area contributed by atoms with E-state index in [4.69, 9.17) is 10.5 Å². The third-order valence-corrected chi connectivity index (χ3v) is 4.46. The minimum Gasteiger partial charge on any atom is -0.478 e. The average Bonchev–Trinajstić information content (AvgIpc) is 2.95. The van der Waals surface area contributed by atoms with Crippen LogP contribution in [0, 0.1) is 5.92 Å². The molecule has 1 heterocycles. The van der Waals surface area contributed by atoms with Crippen LogP contribution in [-0.2, 0) is 4.79 Å². The lowest BCUT2D eigenvalue weighted by Crippen LogP contribution is -2.41. The Labute approximate surface area is 141 Å². The molecule has 0 bridgehead atoms. The molecule has 7 heteroatoms. The fourth-order valence-electron chi connectivity index (χ4n) is 3.16. The lowest BCUT2D eigenvalue weighted by Gasteiger charge is -2.26. The van der Waals surface area contributed by atoms with Crippen LogP contribution in [0.25, 0.3) is 0 Å². The number of anilines is 1. The molecule has 2 aliphatic rings. The number of para-hydroxylation sites is 1. The predicted octanol–water partition coefficient (Wildman–Crippen LogP) is 1.68. The van der Waals surface area contributed by atoms with Gasteiger partial charge in [-0.2, -0.15) is 0 Å². The van der Waals surface area contributed by atoms with Crippen molar-refractivity contribution >= 4 is 29.9 Å². The highest BCUT2D eigenvalue weighted by molar-refractivity contribution is 6.04. The molecule has 3 atom stereocenters. The predicted molar refractivity (Wildman–Crippen MR) is 90.1 cm³/mol. The molecule has 6 nitrogen and oxygen atoms in total. The molecule has 0 spiro atoms. The largest absolute Gasteiger partial charge is 0.478 e. The van der Waals surface area contributed by atoms with E-state index in [-0.39, 0.29) is 30.3 Å². The molecule has 1 fully saturated rings. The second-order valence-electron chi connectivity index (χ2n) is 5.94. The van der Waals surface area contributed by atoms with Crippen LogP contribution in [0.5, 0.6) is 5.75 Å². The summed E-state index contributed by atoms with van der Waals surface area (Å²) in [7, 11) is 0. The highest BCUT2D eigenvalue weighted by Gasteiger charge is 2.31. The molecule has 0 saturated heterocycles. The summed E-state index contributed by atoms with van der Waals surface area (Å²) in [6.45, 7) is 2.25. The van der Waals surface area contributed by atoms with Crippen LogP contribution in [0.4, 0.5) is 5.69 Å². The normalized spacial score (nSPS) is 25.7. The molecular weight excluding hydrogens is 318 g/mol. The molecule has 23 heavy (non-hydrogen) atoms. The van der Waals surface area contributed by atoms with Gasteiger partial charge in [0.25, 0.3) is 11.8 Å². The number of nitrogens with two attached hydrogens (primary N) is 1. The van der Waals surface area contributed by atoms with Crippen molar-refractivity contribution in [3.8, 4) is 5.75 Å². The van der Waals surface area contributed by atoms with Crippen LogP contribution in [0.1, 0.15) is 36.5 Å². The van der Waals surface area contributed by atoms with Gasteiger partial charge in [0.05, 0.1) is 11.3 Å². The van der Waals surface area contributed by atoms with Gasteiger partial charge < -0.3 is 21.1 Å². The fourth-order valence-corrected chi connectivity index (χ4v) is 3.16.